The second kappa shape index (κ2) is 4.60. The van der Waals surface area contributed by atoms with Crippen LogP contribution in [0.4, 0.5) is 0 Å². The maximum atomic E-state index is 9.78. The SMILES string of the molecule is CCN(CC(C)(C)O)C1CCCC1N. The lowest BCUT2D eigenvalue weighted by Crippen LogP contribution is -2.49. The van der Waals surface area contributed by atoms with Crippen molar-refractivity contribution in [2.75, 3.05) is 13.1 Å². The van der Waals surface area contributed by atoms with E-state index in [9.17, 15) is 5.11 Å². The fourth-order valence-corrected chi connectivity index (χ4v) is 2.38. The first-order chi connectivity index (χ1) is 6.44. The predicted molar refractivity (Wildman–Crippen MR) is 59.2 cm³/mol. The molecule has 0 saturated heterocycles. The Morgan fingerprint density at radius 2 is 2.07 bits per heavy atom. The predicted octanol–water partition coefficient (Wildman–Crippen LogP) is 0.959. The molecule has 0 aromatic rings. The van der Waals surface area contributed by atoms with Gasteiger partial charge in [-0.25, -0.2) is 0 Å². The number of rotatable bonds is 4. The van der Waals surface area contributed by atoms with Crippen molar-refractivity contribution in [1.29, 1.82) is 0 Å². The fraction of sp³-hybridized carbons (Fsp3) is 1.00. The molecule has 1 fully saturated rings. The summed E-state index contributed by atoms with van der Waals surface area (Å²) in [5, 5.41) is 9.78. The van der Waals surface area contributed by atoms with E-state index < -0.39 is 5.60 Å². The molecule has 0 aromatic heterocycles. The first kappa shape index (κ1) is 12.0. The van der Waals surface area contributed by atoms with E-state index in [1.807, 2.05) is 13.8 Å². The summed E-state index contributed by atoms with van der Waals surface area (Å²) in [7, 11) is 0. The van der Waals surface area contributed by atoms with Gasteiger partial charge in [0.25, 0.3) is 0 Å². The maximum absolute atomic E-state index is 9.78. The van der Waals surface area contributed by atoms with Gasteiger partial charge in [0.1, 0.15) is 0 Å². The minimum absolute atomic E-state index is 0.303. The van der Waals surface area contributed by atoms with Crippen LogP contribution in [0.3, 0.4) is 0 Å². The van der Waals surface area contributed by atoms with Crippen molar-refractivity contribution in [2.45, 2.75) is 57.7 Å². The summed E-state index contributed by atoms with van der Waals surface area (Å²) in [6, 6.07) is 0.781. The van der Waals surface area contributed by atoms with Crippen molar-refractivity contribution in [1.82, 2.24) is 4.90 Å². The van der Waals surface area contributed by atoms with Gasteiger partial charge in [-0.1, -0.05) is 13.3 Å². The summed E-state index contributed by atoms with van der Waals surface area (Å²) in [4.78, 5) is 2.32. The Balaban J connectivity index is 2.53. The summed E-state index contributed by atoms with van der Waals surface area (Å²) in [5.74, 6) is 0. The number of nitrogens with zero attached hydrogens (tertiary/aromatic N) is 1. The Labute approximate surface area is 87.3 Å². The minimum Gasteiger partial charge on any atom is -0.389 e. The molecule has 0 heterocycles. The molecule has 3 heteroatoms. The molecule has 1 saturated carbocycles. The van der Waals surface area contributed by atoms with E-state index in [1.54, 1.807) is 0 Å². The molecular formula is C11H24N2O. The zero-order valence-corrected chi connectivity index (χ0v) is 9.66. The van der Waals surface area contributed by atoms with Gasteiger partial charge < -0.3 is 10.8 Å². The van der Waals surface area contributed by atoms with E-state index in [2.05, 4.69) is 11.8 Å². The Kier molecular flexibility index (Phi) is 3.93. The monoisotopic (exact) mass is 200 g/mol. The topological polar surface area (TPSA) is 49.5 Å². The van der Waals surface area contributed by atoms with Crippen molar-refractivity contribution in [2.24, 2.45) is 5.73 Å². The third kappa shape index (κ3) is 3.23. The van der Waals surface area contributed by atoms with E-state index in [0.717, 1.165) is 19.5 Å². The average molecular weight is 200 g/mol. The van der Waals surface area contributed by atoms with Crippen LogP contribution >= 0.6 is 0 Å². The molecule has 1 aliphatic carbocycles. The second-order valence-corrected chi connectivity index (χ2v) is 5.04. The van der Waals surface area contributed by atoms with Crippen molar-refractivity contribution in [3.63, 3.8) is 0 Å². The van der Waals surface area contributed by atoms with Gasteiger partial charge in [-0.3, -0.25) is 4.90 Å². The highest BCUT2D eigenvalue weighted by Crippen LogP contribution is 2.23. The second-order valence-electron chi connectivity index (χ2n) is 5.04. The number of aliphatic hydroxyl groups is 1. The zero-order valence-electron chi connectivity index (χ0n) is 9.66. The first-order valence-electron chi connectivity index (χ1n) is 5.66. The van der Waals surface area contributed by atoms with Gasteiger partial charge in [0, 0.05) is 18.6 Å². The molecule has 0 spiro atoms. The molecule has 14 heavy (non-hydrogen) atoms. The molecule has 0 amide bonds. The van der Waals surface area contributed by atoms with Gasteiger partial charge in [-0.2, -0.15) is 0 Å². The van der Waals surface area contributed by atoms with Gasteiger partial charge in [-0.15, -0.1) is 0 Å². The molecular weight excluding hydrogens is 176 g/mol. The van der Waals surface area contributed by atoms with E-state index in [0.29, 0.717) is 12.1 Å². The van der Waals surface area contributed by atoms with Gasteiger partial charge in [-0.05, 0) is 33.2 Å². The Morgan fingerprint density at radius 3 is 2.43 bits per heavy atom. The molecule has 2 atom stereocenters. The van der Waals surface area contributed by atoms with Crippen molar-refractivity contribution >= 4 is 0 Å². The molecule has 0 aromatic carbocycles. The lowest BCUT2D eigenvalue weighted by molar-refractivity contribution is 0.0212. The van der Waals surface area contributed by atoms with Crippen LogP contribution in [0.25, 0.3) is 0 Å². The summed E-state index contributed by atoms with van der Waals surface area (Å²) in [6.45, 7) is 7.55. The first-order valence-corrected chi connectivity index (χ1v) is 5.66. The van der Waals surface area contributed by atoms with E-state index in [4.69, 9.17) is 5.73 Å². The molecule has 3 nitrogen and oxygen atoms in total. The van der Waals surface area contributed by atoms with Crippen molar-refractivity contribution in [3.8, 4) is 0 Å². The Morgan fingerprint density at radius 1 is 1.43 bits per heavy atom. The Hall–Kier alpha value is -0.120. The lowest BCUT2D eigenvalue weighted by atomic mass is 10.1. The molecule has 84 valence electrons. The smallest absolute Gasteiger partial charge is 0.0718 e. The number of likely N-dealkylation sites (N-methyl/N-ethyl adjacent to an activating group) is 1. The maximum Gasteiger partial charge on any atom is 0.0718 e. The van der Waals surface area contributed by atoms with E-state index in [-0.39, 0.29) is 0 Å². The van der Waals surface area contributed by atoms with E-state index >= 15 is 0 Å². The molecule has 0 bridgehead atoms. The molecule has 0 aliphatic heterocycles. The molecule has 1 rings (SSSR count). The van der Waals surface area contributed by atoms with Crippen LogP contribution in [-0.2, 0) is 0 Å². The molecule has 3 N–H and O–H groups in total. The highest BCUT2D eigenvalue weighted by atomic mass is 16.3. The normalized spacial score (nSPS) is 28.7. The van der Waals surface area contributed by atoms with Gasteiger partial charge in [0.15, 0.2) is 0 Å². The quantitative estimate of drug-likeness (QED) is 0.710. The van der Waals surface area contributed by atoms with Crippen molar-refractivity contribution in [3.05, 3.63) is 0 Å². The summed E-state index contributed by atoms with van der Waals surface area (Å²) in [5.41, 5.74) is 5.44. The highest BCUT2D eigenvalue weighted by Gasteiger charge is 2.31. The van der Waals surface area contributed by atoms with Gasteiger partial charge in [0.2, 0.25) is 0 Å². The van der Waals surface area contributed by atoms with Crippen LogP contribution in [0.5, 0.6) is 0 Å². The largest absolute Gasteiger partial charge is 0.389 e. The summed E-state index contributed by atoms with van der Waals surface area (Å²) >= 11 is 0. The number of hydrogen-bond donors (Lipinski definition) is 2. The highest BCUT2D eigenvalue weighted by molar-refractivity contribution is 4.89. The van der Waals surface area contributed by atoms with Crippen LogP contribution < -0.4 is 5.73 Å². The molecule has 1 aliphatic rings. The Bertz CT molecular complexity index is 177. The number of hydrogen-bond acceptors (Lipinski definition) is 3. The van der Waals surface area contributed by atoms with Crippen molar-refractivity contribution < 1.29 is 5.11 Å². The van der Waals surface area contributed by atoms with Gasteiger partial charge >= 0.3 is 0 Å². The van der Waals surface area contributed by atoms with Crippen LogP contribution in [0.2, 0.25) is 0 Å². The van der Waals surface area contributed by atoms with Gasteiger partial charge in [0.05, 0.1) is 5.60 Å². The summed E-state index contributed by atoms with van der Waals surface area (Å²) < 4.78 is 0. The zero-order chi connectivity index (χ0) is 10.8. The summed E-state index contributed by atoms with van der Waals surface area (Å²) in [6.07, 6.45) is 3.55. The van der Waals surface area contributed by atoms with Crippen LogP contribution in [0.1, 0.15) is 40.0 Å². The third-order valence-electron chi connectivity index (χ3n) is 3.00. The van der Waals surface area contributed by atoms with Crippen LogP contribution in [0.15, 0.2) is 0 Å². The minimum atomic E-state index is -0.613. The standard InChI is InChI=1S/C11H24N2O/c1-4-13(8-11(2,3)14)10-7-5-6-9(10)12/h9-10,14H,4-8,12H2,1-3H3. The molecule has 2 unspecified atom stereocenters. The van der Waals surface area contributed by atoms with E-state index in [1.165, 1.54) is 12.8 Å². The van der Waals surface area contributed by atoms with Crippen LogP contribution in [0, 0.1) is 0 Å². The number of nitrogens with two attached hydrogens (primary N) is 1. The average Bonchev–Trinajstić information content (AvgIpc) is 2.45. The third-order valence-corrected chi connectivity index (χ3v) is 3.00. The van der Waals surface area contributed by atoms with Crippen LogP contribution in [-0.4, -0.2) is 40.8 Å². The fourth-order valence-electron chi connectivity index (χ4n) is 2.38. The molecule has 0 radical (unpaired) electrons. The lowest BCUT2D eigenvalue weighted by Gasteiger charge is -2.34.